The molecule has 1 N–H and O–H groups in total. The lowest BCUT2D eigenvalue weighted by atomic mass is 9.89. The number of hydrogen-bond donors (Lipinski definition) is 1. The number of ether oxygens (including phenoxy) is 1. The molecule has 92 valence electrons. The molecule has 0 spiro atoms. The van der Waals surface area contributed by atoms with E-state index in [1.165, 1.54) is 44.2 Å². The number of nitrogens with one attached hydrogen (secondary N) is 1. The monoisotopic (exact) mass is 231 g/mol. The zero-order valence-corrected chi connectivity index (χ0v) is 10.3. The summed E-state index contributed by atoms with van der Waals surface area (Å²) in [6, 6.07) is 9.37. The van der Waals surface area contributed by atoms with Gasteiger partial charge in [0.05, 0.1) is 6.61 Å². The Morgan fingerprint density at radius 2 is 2.06 bits per heavy atom. The van der Waals surface area contributed by atoms with Crippen LogP contribution in [0.4, 0.5) is 0 Å². The van der Waals surface area contributed by atoms with Crippen LogP contribution in [-0.4, -0.2) is 19.2 Å². The first-order valence-corrected chi connectivity index (χ1v) is 6.88. The Balaban J connectivity index is 1.52. The lowest BCUT2D eigenvalue weighted by Crippen LogP contribution is -2.19. The molecule has 1 aliphatic heterocycles. The SMILES string of the molecule is c1ccc2c(c1)OCCC2CCCNC1CC1. The molecule has 1 atom stereocenters. The molecule has 0 aromatic heterocycles. The number of benzene rings is 1. The van der Waals surface area contributed by atoms with Gasteiger partial charge in [0, 0.05) is 6.04 Å². The number of para-hydroxylation sites is 1. The molecule has 0 amide bonds. The smallest absolute Gasteiger partial charge is 0.122 e. The van der Waals surface area contributed by atoms with Gasteiger partial charge in [-0.15, -0.1) is 0 Å². The van der Waals surface area contributed by atoms with Gasteiger partial charge in [0.2, 0.25) is 0 Å². The highest BCUT2D eigenvalue weighted by Gasteiger charge is 2.22. The first kappa shape index (κ1) is 11.1. The summed E-state index contributed by atoms with van der Waals surface area (Å²) in [6.45, 7) is 2.07. The molecule has 2 nitrogen and oxygen atoms in total. The van der Waals surface area contributed by atoms with E-state index in [0.29, 0.717) is 5.92 Å². The summed E-state index contributed by atoms with van der Waals surface area (Å²) < 4.78 is 5.69. The van der Waals surface area contributed by atoms with Crippen LogP contribution in [0.3, 0.4) is 0 Å². The molecule has 1 heterocycles. The summed E-state index contributed by atoms with van der Waals surface area (Å²) >= 11 is 0. The number of fused-ring (bicyclic) bond motifs is 1. The third kappa shape index (κ3) is 2.81. The highest BCUT2D eigenvalue weighted by molar-refractivity contribution is 5.37. The predicted octanol–water partition coefficient (Wildman–Crippen LogP) is 3.08. The van der Waals surface area contributed by atoms with Crippen LogP contribution in [0.25, 0.3) is 0 Å². The number of rotatable bonds is 5. The van der Waals surface area contributed by atoms with Gasteiger partial charge in [-0.05, 0) is 56.2 Å². The second-order valence-corrected chi connectivity index (χ2v) is 5.24. The van der Waals surface area contributed by atoms with Crippen molar-refractivity contribution in [2.45, 2.75) is 44.1 Å². The summed E-state index contributed by atoms with van der Waals surface area (Å²) in [5.74, 6) is 1.82. The largest absolute Gasteiger partial charge is 0.493 e. The second-order valence-electron chi connectivity index (χ2n) is 5.24. The van der Waals surface area contributed by atoms with E-state index in [-0.39, 0.29) is 0 Å². The molecule has 0 saturated heterocycles. The van der Waals surface area contributed by atoms with Crippen LogP contribution < -0.4 is 10.1 Å². The first-order valence-electron chi connectivity index (χ1n) is 6.88. The molecule has 1 saturated carbocycles. The molecule has 1 aromatic carbocycles. The zero-order valence-electron chi connectivity index (χ0n) is 10.3. The van der Waals surface area contributed by atoms with Crippen molar-refractivity contribution in [3.05, 3.63) is 29.8 Å². The minimum atomic E-state index is 0.709. The van der Waals surface area contributed by atoms with Gasteiger partial charge in [-0.25, -0.2) is 0 Å². The van der Waals surface area contributed by atoms with E-state index in [0.717, 1.165) is 18.4 Å². The van der Waals surface area contributed by atoms with E-state index in [9.17, 15) is 0 Å². The lowest BCUT2D eigenvalue weighted by Gasteiger charge is -2.25. The third-order valence-corrected chi connectivity index (χ3v) is 3.82. The molecule has 1 unspecified atom stereocenters. The number of hydrogen-bond acceptors (Lipinski definition) is 2. The van der Waals surface area contributed by atoms with Gasteiger partial charge in [0.1, 0.15) is 5.75 Å². The molecular weight excluding hydrogens is 210 g/mol. The standard InChI is InChI=1S/C15H21NO/c1-2-6-15-14(5-1)12(9-11-17-15)4-3-10-16-13-7-8-13/h1-2,5-6,12-13,16H,3-4,7-11H2. The van der Waals surface area contributed by atoms with Gasteiger partial charge >= 0.3 is 0 Å². The van der Waals surface area contributed by atoms with Crippen LogP contribution in [0.1, 0.15) is 43.6 Å². The maximum atomic E-state index is 5.69. The fourth-order valence-corrected chi connectivity index (χ4v) is 2.66. The fraction of sp³-hybridized carbons (Fsp3) is 0.600. The van der Waals surface area contributed by atoms with Crippen molar-refractivity contribution in [2.75, 3.05) is 13.2 Å². The molecule has 0 bridgehead atoms. The molecular formula is C15H21NO. The fourth-order valence-electron chi connectivity index (χ4n) is 2.66. The van der Waals surface area contributed by atoms with E-state index in [4.69, 9.17) is 4.74 Å². The van der Waals surface area contributed by atoms with Gasteiger partial charge in [-0.2, -0.15) is 0 Å². The lowest BCUT2D eigenvalue weighted by molar-refractivity contribution is 0.261. The van der Waals surface area contributed by atoms with E-state index >= 15 is 0 Å². The van der Waals surface area contributed by atoms with E-state index in [1.807, 2.05) is 0 Å². The molecule has 1 aromatic rings. The molecule has 0 radical (unpaired) electrons. The van der Waals surface area contributed by atoms with Crippen molar-refractivity contribution < 1.29 is 4.74 Å². The van der Waals surface area contributed by atoms with E-state index in [2.05, 4.69) is 29.6 Å². The molecule has 1 aliphatic carbocycles. The summed E-state index contributed by atoms with van der Waals surface area (Å²) in [4.78, 5) is 0. The average Bonchev–Trinajstić information content (AvgIpc) is 3.19. The molecule has 2 aliphatic rings. The summed E-state index contributed by atoms with van der Waals surface area (Å²) in [5.41, 5.74) is 1.42. The predicted molar refractivity (Wildman–Crippen MR) is 69.6 cm³/mol. The normalized spacial score (nSPS) is 22.9. The molecule has 3 rings (SSSR count). The van der Waals surface area contributed by atoms with Gasteiger partial charge in [0.25, 0.3) is 0 Å². The highest BCUT2D eigenvalue weighted by Crippen LogP contribution is 2.35. The third-order valence-electron chi connectivity index (χ3n) is 3.82. The van der Waals surface area contributed by atoms with Gasteiger partial charge in [-0.1, -0.05) is 18.2 Å². The molecule has 17 heavy (non-hydrogen) atoms. The van der Waals surface area contributed by atoms with Crippen LogP contribution in [0.5, 0.6) is 5.75 Å². The molecule has 1 fully saturated rings. The second kappa shape index (κ2) is 5.09. The van der Waals surface area contributed by atoms with Crippen molar-refractivity contribution in [1.29, 1.82) is 0 Å². The van der Waals surface area contributed by atoms with Crippen molar-refractivity contribution in [3.63, 3.8) is 0 Å². The Bertz CT molecular complexity index is 373. The maximum Gasteiger partial charge on any atom is 0.122 e. The van der Waals surface area contributed by atoms with Crippen molar-refractivity contribution in [1.82, 2.24) is 5.32 Å². The minimum Gasteiger partial charge on any atom is -0.493 e. The van der Waals surface area contributed by atoms with Gasteiger partial charge in [0.15, 0.2) is 0 Å². The minimum absolute atomic E-state index is 0.709. The van der Waals surface area contributed by atoms with Crippen molar-refractivity contribution >= 4 is 0 Å². The Morgan fingerprint density at radius 1 is 1.18 bits per heavy atom. The Hall–Kier alpha value is -1.02. The Morgan fingerprint density at radius 3 is 2.94 bits per heavy atom. The topological polar surface area (TPSA) is 21.3 Å². The maximum absolute atomic E-state index is 5.69. The summed E-state index contributed by atoms with van der Waals surface area (Å²) in [7, 11) is 0. The quantitative estimate of drug-likeness (QED) is 0.786. The first-order chi connectivity index (χ1) is 8.43. The van der Waals surface area contributed by atoms with Crippen molar-refractivity contribution in [2.24, 2.45) is 0 Å². The van der Waals surface area contributed by atoms with Crippen LogP contribution in [0.15, 0.2) is 24.3 Å². The molecule has 2 heteroatoms. The zero-order chi connectivity index (χ0) is 11.5. The Kier molecular flexibility index (Phi) is 3.32. The van der Waals surface area contributed by atoms with Crippen LogP contribution in [0.2, 0.25) is 0 Å². The Labute approximate surface area is 103 Å². The van der Waals surface area contributed by atoms with Gasteiger partial charge in [-0.3, -0.25) is 0 Å². The van der Waals surface area contributed by atoms with Crippen molar-refractivity contribution in [3.8, 4) is 5.75 Å². The van der Waals surface area contributed by atoms with Gasteiger partial charge < -0.3 is 10.1 Å². The van der Waals surface area contributed by atoms with Crippen LogP contribution in [0, 0.1) is 0 Å². The van der Waals surface area contributed by atoms with Crippen LogP contribution >= 0.6 is 0 Å². The summed E-state index contributed by atoms with van der Waals surface area (Å²) in [6.07, 6.45) is 6.54. The van der Waals surface area contributed by atoms with E-state index < -0.39 is 0 Å². The average molecular weight is 231 g/mol. The van der Waals surface area contributed by atoms with E-state index in [1.54, 1.807) is 0 Å². The summed E-state index contributed by atoms with van der Waals surface area (Å²) in [5, 5.41) is 3.59. The highest BCUT2D eigenvalue weighted by atomic mass is 16.5. The van der Waals surface area contributed by atoms with Crippen LogP contribution in [-0.2, 0) is 0 Å².